The average Bonchev–Trinajstić information content (AvgIpc) is 2.74. The largest absolute Gasteiger partial charge is 0.497 e. The fraction of sp³-hybridized carbons (Fsp3) is 0.435. The normalized spacial score (nSPS) is 16.0. The van der Waals surface area contributed by atoms with Crippen molar-refractivity contribution in [3.05, 3.63) is 65.0 Å². The Kier molecular flexibility index (Phi) is 7.18. The van der Waals surface area contributed by atoms with Crippen LogP contribution >= 0.6 is 0 Å². The Balaban J connectivity index is 1.65. The van der Waals surface area contributed by atoms with Crippen LogP contribution < -0.4 is 10.1 Å². The molecular formula is C23H29FN2O2. The Bertz CT molecular complexity index is 786. The number of piperidine rings is 1. The topological polar surface area (TPSA) is 41.6 Å². The molecule has 2 aromatic carbocycles. The molecule has 0 aromatic heterocycles. The van der Waals surface area contributed by atoms with Crippen LogP contribution in [0, 0.1) is 12.7 Å². The van der Waals surface area contributed by atoms with Crippen LogP contribution in [-0.2, 0) is 0 Å². The molecule has 28 heavy (non-hydrogen) atoms. The van der Waals surface area contributed by atoms with Gasteiger partial charge in [-0.15, -0.1) is 0 Å². The minimum Gasteiger partial charge on any atom is -0.497 e. The van der Waals surface area contributed by atoms with Gasteiger partial charge in [-0.05, 0) is 62.2 Å². The van der Waals surface area contributed by atoms with Crippen molar-refractivity contribution in [1.82, 2.24) is 10.2 Å². The molecule has 0 spiro atoms. The average molecular weight is 384 g/mol. The van der Waals surface area contributed by atoms with Crippen molar-refractivity contribution < 1.29 is 13.9 Å². The van der Waals surface area contributed by atoms with E-state index in [9.17, 15) is 9.18 Å². The number of carbonyl (C=O) groups excluding carboxylic acids is 1. The summed E-state index contributed by atoms with van der Waals surface area (Å²) >= 11 is 0. The standard InChI is InChI=1S/C23H29FN2O2/c1-17-6-7-19(14-21(17)24)23(27)16-25-15-22(26-12-4-3-5-13-26)18-8-10-20(28-2)11-9-18/h6-11,14,22,25H,3-5,12-13,15-16H2,1-2H3. The van der Waals surface area contributed by atoms with E-state index in [0.29, 0.717) is 17.7 Å². The van der Waals surface area contributed by atoms with Gasteiger partial charge in [-0.3, -0.25) is 9.69 Å². The van der Waals surface area contributed by atoms with Crippen LogP contribution in [0.4, 0.5) is 4.39 Å². The molecule has 1 heterocycles. The number of rotatable bonds is 8. The molecule has 1 saturated heterocycles. The van der Waals surface area contributed by atoms with Crippen LogP contribution in [0.15, 0.2) is 42.5 Å². The monoisotopic (exact) mass is 384 g/mol. The third-order valence-corrected chi connectivity index (χ3v) is 5.45. The van der Waals surface area contributed by atoms with Crippen LogP contribution in [0.5, 0.6) is 5.75 Å². The number of hydrogen-bond donors (Lipinski definition) is 1. The van der Waals surface area contributed by atoms with Crippen LogP contribution in [-0.4, -0.2) is 44.0 Å². The smallest absolute Gasteiger partial charge is 0.176 e. The van der Waals surface area contributed by atoms with Gasteiger partial charge in [-0.25, -0.2) is 4.39 Å². The number of aryl methyl sites for hydroxylation is 1. The lowest BCUT2D eigenvalue weighted by Gasteiger charge is -2.35. The van der Waals surface area contributed by atoms with Crippen LogP contribution in [0.2, 0.25) is 0 Å². The zero-order chi connectivity index (χ0) is 19.9. The number of ketones is 1. The van der Waals surface area contributed by atoms with Crippen molar-refractivity contribution in [3.8, 4) is 5.75 Å². The Morgan fingerprint density at radius 2 is 1.86 bits per heavy atom. The lowest BCUT2D eigenvalue weighted by molar-refractivity contribution is 0.0983. The Morgan fingerprint density at radius 3 is 2.50 bits per heavy atom. The molecule has 150 valence electrons. The maximum Gasteiger partial charge on any atom is 0.176 e. The van der Waals surface area contributed by atoms with E-state index < -0.39 is 0 Å². The van der Waals surface area contributed by atoms with E-state index in [0.717, 1.165) is 18.8 Å². The summed E-state index contributed by atoms with van der Waals surface area (Å²) in [4.78, 5) is 14.9. The number of methoxy groups -OCH3 is 1. The molecule has 1 unspecified atom stereocenters. The molecule has 2 aromatic rings. The molecule has 1 aliphatic rings. The Labute approximate surface area is 166 Å². The number of ether oxygens (including phenoxy) is 1. The number of carbonyl (C=O) groups is 1. The second-order valence-electron chi connectivity index (χ2n) is 7.40. The molecule has 0 saturated carbocycles. The first-order chi connectivity index (χ1) is 13.6. The molecule has 4 nitrogen and oxygen atoms in total. The molecule has 0 radical (unpaired) electrons. The fourth-order valence-electron chi connectivity index (χ4n) is 3.70. The highest BCUT2D eigenvalue weighted by Gasteiger charge is 2.22. The highest BCUT2D eigenvalue weighted by atomic mass is 19.1. The van der Waals surface area contributed by atoms with Gasteiger partial charge >= 0.3 is 0 Å². The van der Waals surface area contributed by atoms with Gasteiger partial charge in [-0.2, -0.15) is 0 Å². The van der Waals surface area contributed by atoms with Crippen molar-refractivity contribution in [2.45, 2.75) is 32.2 Å². The van der Waals surface area contributed by atoms with Crippen molar-refractivity contribution in [2.75, 3.05) is 33.3 Å². The van der Waals surface area contributed by atoms with Crippen molar-refractivity contribution in [1.29, 1.82) is 0 Å². The van der Waals surface area contributed by atoms with E-state index in [1.165, 1.54) is 30.9 Å². The number of halogens is 1. The third-order valence-electron chi connectivity index (χ3n) is 5.45. The Hall–Kier alpha value is -2.24. The van der Waals surface area contributed by atoms with E-state index >= 15 is 0 Å². The van der Waals surface area contributed by atoms with Gasteiger partial charge in [0.05, 0.1) is 13.7 Å². The molecule has 0 bridgehead atoms. The number of likely N-dealkylation sites (tertiary alicyclic amines) is 1. The lowest BCUT2D eigenvalue weighted by atomic mass is 10.0. The van der Waals surface area contributed by atoms with Crippen molar-refractivity contribution in [3.63, 3.8) is 0 Å². The highest BCUT2D eigenvalue weighted by Crippen LogP contribution is 2.26. The maximum absolute atomic E-state index is 13.7. The minimum atomic E-state index is -0.338. The van der Waals surface area contributed by atoms with E-state index in [1.54, 1.807) is 26.2 Å². The summed E-state index contributed by atoms with van der Waals surface area (Å²) < 4.78 is 19.0. The second-order valence-corrected chi connectivity index (χ2v) is 7.40. The van der Waals surface area contributed by atoms with E-state index in [-0.39, 0.29) is 24.2 Å². The van der Waals surface area contributed by atoms with Gasteiger partial charge in [0, 0.05) is 18.2 Å². The molecular weight excluding hydrogens is 355 g/mol. The van der Waals surface area contributed by atoms with Gasteiger partial charge < -0.3 is 10.1 Å². The van der Waals surface area contributed by atoms with Gasteiger partial charge in [0.1, 0.15) is 11.6 Å². The molecule has 0 amide bonds. The van der Waals surface area contributed by atoms with Crippen LogP contribution in [0.25, 0.3) is 0 Å². The first-order valence-electron chi connectivity index (χ1n) is 9.96. The van der Waals surface area contributed by atoms with Gasteiger partial charge in [0.25, 0.3) is 0 Å². The molecule has 1 aliphatic heterocycles. The maximum atomic E-state index is 13.7. The quantitative estimate of drug-likeness (QED) is 0.695. The number of nitrogens with zero attached hydrogens (tertiary/aromatic N) is 1. The molecule has 3 rings (SSSR count). The zero-order valence-corrected chi connectivity index (χ0v) is 16.7. The van der Waals surface area contributed by atoms with Crippen LogP contribution in [0.3, 0.4) is 0 Å². The molecule has 0 aliphatic carbocycles. The number of hydrogen-bond acceptors (Lipinski definition) is 4. The Morgan fingerprint density at radius 1 is 1.14 bits per heavy atom. The first kappa shape index (κ1) is 20.5. The minimum absolute atomic E-state index is 0.0916. The first-order valence-corrected chi connectivity index (χ1v) is 9.96. The SMILES string of the molecule is COc1ccc(C(CNCC(=O)c2ccc(C)c(F)c2)N2CCCCC2)cc1. The number of benzene rings is 2. The molecule has 5 heteroatoms. The summed E-state index contributed by atoms with van der Waals surface area (Å²) in [5, 5.41) is 3.30. The summed E-state index contributed by atoms with van der Waals surface area (Å²) in [5.41, 5.74) is 2.17. The van der Waals surface area contributed by atoms with Crippen molar-refractivity contribution in [2.24, 2.45) is 0 Å². The second kappa shape index (κ2) is 9.80. The summed E-state index contributed by atoms with van der Waals surface area (Å²) in [6.07, 6.45) is 3.68. The van der Waals surface area contributed by atoms with Crippen LogP contribution in [0.1, 0.15) is 46.8 Å². The van der Waals surface area contributed by atoms with Gasteiger partial charge in [-0.1, -0.05) is 30.7 Å². The number of nitrogens with one attached hydrogen (secondary N) is 1. The van der Waals surface area contributed by atoms with E-state index in [2.05, 4.69) is 22.3 Å². The van der Waals surface area contributed by atoms with Crippen molar-refractivity contribution >= 4 is 5.78 Å². The van der Waals surface area contributed by atoms with Gasteiger partial charge in [0.2, 0.25) is 0 Å². The lowest BCUT2D eigenvalue weighted by Crippen LogP contribution is -2.40. The van der Waals surface area contributed by atoms with E-state index in [1.807, 2.05) is 12.1 Å². The predicted molar refractivity (Wildman–Crippen MR) is 109 cm³/mol. The summed E-state index contributed by atoms with van der Waals surface area (Å²) in [5.74, 6) is 0.409. The summed E-state index contributed by atoms with van der Waals surface area (Å²) in [6, 6.07) is 13.0. The van der Waals surface area contributed by atoms with Gasteiger partial charge in [0.15, 0.2) is 5.78 Å². The van der Waals surface area contributed by atoms with E-state index in [4.69, 9.17) is 4.74 Å². The summed E-state index contributed by atoms with van der Waals surface area (Å²) in [7, 11) is 1.66. The fourth-order valence-corrected chi connectivity index (χ4v) is 3.70. The number of Topliss-reactive ketones (excluding diaryl/α,β-unsaturated/α-hetero) is 1. The molecule has 1 fully saturated rings. The summed E-state index contributed by atoms with van der Waals surface area (Å²) in [6.45, 7) is 4.69. The highest BCUT2D eigenvalue weighted by molar-refractivity contribution is 5.97. The third kappa shape index (κ3) is 5.18. The predicted octanol–water partition coefficient (Wildman–Crippen LogP) is 4.14. The zero-order valence-electron chi connectivity index (χ0n) is 16.7. The molecule has 1 N–H and O–H groups in total. The molecule has 1 atom stereocenters.